The maximum atomic E-state index is 13.1. The van der Waals surface area contributed by atoms with Gasteiger partial charge in [0, 0.05) is 25.7 Å². The smallest absolute Gasteiger partial charge is 0.462 e. The summed E-state index contributed by atoms with van der Waals surface area (Å²) in [5.74, 6) is -0.572. The molecule has 17 nitrogen and oxygen atoms in total. The molecule has 0 rings (SSSR count). The number of aliphatic hydroxyl groups is 1. The molecule has 19 heteroatoms. The third-order valence-electron chi connectivity index (χ3n) is 19.0. The Morgan fingerprint density at radius 2 is 0.460 bits per heavy atom. The summed E-state index contributed by atoms with van der Waals surface area (Å²) >= 11 is 0. The number of carbonyl (C=O) groups excluding carboxylic acids is 4. The van der Waals surface area contributed by atoms with Crippen molar-refractivity contribution in [2.75, 3.05) is 39.6 Å². The molecule has 0 aromatic rings. The molecule has 2 unspecified atom stereocenters. The van der Waals surface area contributed by atoms with Crippen molar-refractivity contribution in [3.8, 4) is 0 Å². The zero-order chi connectivity index (χ0) is 73.5. The van der Waals surface area contributed by atoms with Crippen LogP contribution < -0.4 is 0 Å². The highest BCUT2D eigenvalue weighted by atomic mass is 31.2. The van der Waals surface area contributed by atoms with Gasteiger partial charge in [0.1, 0.15) is 19.3 Å². The Kier molecular flexibility index (Phi) is 71.2. The van der Waals surface area contributed by atoms with Gasteiger partial charge >= 0.3 is 39.5 Å². The van der Waals surface area contributed by atoms with Gasteiger partial charge in [-0.1, -0.05) is 375 Å². The lowest BCUT2D eigenvalue weighted by Gasteiger charge is -2.21. The predicted molar refractivity (Wildman–Crippen MR) is 409 cm³/mol. The average Bonchev–Trinajstić information content (AvgIpc) is 1.00. The number of phosphoric ester groups is 2. The standard InChI is InChI=1S/C81H158O17P2/c1-7-9-11-13-15-17-19-20-21-22-23-24-25-26-27-28-34-41-47-53-59-65-80(85)97-77(70-92-79(84)64-58-52-46-40-35-29-32-37-43-49-55-61-73(3)4)72-96-100(89,90)94-68-75(82)67-93-99(87,88)95-71-76(69-91-78(83)63-57-51-45-39-31-18-16-14-12-10-8-2)98-81(86)66-60-54-48-42-36-30-33-38-44-50-56-62-74(5)6/h73-77,82H,7-72H2,1-6H3,(H,87,88)(H,89,90)/t75-,76+,77+/m0/s1. The highest BCUT2D eigenvalue weighted by molar-refractivity contribution is 7.47. The van der Waals surface area contributed by atoms with Gasteiger partial charge in [-0.2, -0.15) is 0 Å². The highest BCUT2D eigenvalue weighted by Gasteiger charge is 2.30. The number of unbranched alkanes of at least 4 members (excludes halogenated alkanes) is 50. The Labute approximate surface area is 613 Å². The number of carbonyl (C=O) groups is 4. The van der Waals surface area contributed by atoms with Gasteiger partial charge in [-0.25, -0.2) is 9.13 Å². The largest absolute Gasteiger partial charge is 0.472 e. The lowest BCUT2D eigenvalue weighted by molar-refractivity contribution is -0.161. The molecule has 0 radical (unpaired) electrons. The maximum Gasteiger partial charge on any atom is 0.472 e. The molecule has 0 aliphatic heterocycles. The van der Waals surface area contributed by atoms with Crippen molar-refractivity contribution < 1.29 is 80.2 Å². The normalized spacial score (nSPS) is 13.9. The Bertz CT molecular complexity index is 1920. The van der Waals surface area contributed by atoms with E-state index in [2.05, 4.69) is 41.5 Å². The van der Waals surface area contributed by atoms with Crippen molar-refractivity contribution in [2.24, 2.45) is 11.8 Å². The van der Waals surface area contributed by atoms with Crippen LogP contribution in [0.5, 0.6) is 0 Å². The Morgan fingerprint density at radius 1 is 0.270 bits per heavy atom. The molecular formula is C81H158O17P2. The Morgan fingerprint density at radius 3 is 0.680 bits per heavy atom. The fourth-order valence-corrected chi connectivity index (χ4v) is 14.1. The summed E-state index contributed by atoms with van der Waals surface area (Å²) in [5, 5.41) is 10.6. The van der Waals surface area contributed by atoms with E-state index in [1.54, 1.807) is 0 Å². The molecule has 0 fully saturated rings. The topological polar surface area (TPSA) is 237 Å². The van der Waals surface area contributed by atoms with Gasteiger partial charge < -0.3 is 33.8 Å². The number of ether oxygens (including phenoxy) is 4. The minimum atomic E-state index is -4.96. The van der Waals surface area contributed by atoms with Crippen molar-refractivity contribution in [3.05, 3.63) is 0 Å². The molecular weight excluding hydrogens is 1310 g/mol. The lowest BCUT2D eigenvalue weighted by atomic mass is 10.0. The van der Waals surface area contributed by atoms with Crippen LogP contribution >= 0.6 is 15.6 Å². The molecule has 0 amide bonds. The Hall–Kier alpha value is -1.94. The van der Waals surface area contributed by atoms with Crippen LogP contribution in [0.4, 0.5) is 0 Å². The number of esters is 4. The first-order valence-corrected chi connectivity index (χ1v) is 45.0. The molecule has 0 heterocycles. The number of hydrogen-bond acceptors (Lipinski definition) is 15. The van der Waals surface area contributed by atoms with E-state index >= 15 is 0 Å². The third kappa shape index (κ3) is 74.3. The quantitative estimate of drug-likeness (QED) is 0.0222. The van der Waals surface area contributed by atoms with Gasteiger partial charge in [0.25, 0.3) is 0 Å². The zero-order valence-corrected chi connectivity index (χ0v) is 67.3. The van der Waals surface area contributed by atoms with E-state index in [-0.39, 0.29) is 25.7 Å². The SMILES string of the molecule is CCCCCCCCCCCCCCCCCCCCCCCC(=O)O[C@H](COC(=O)CCCCCCCCCCCCCC(C)C)COP(=O)(O)OC[C@@H](O)COP(=O)(O)OC[C@@H](COC(=O)CCCCCCCCCCCCC)OC(=O)CCCCCCCCCCCCCC(C)C. The van der Waals surface area contributed by atoms with Crippen molar-refractivity contribution in [1.82, 2.24) is 0 Å². The number of aliphatic hydroxyl groups excluding tert-OH is 1. The van der Waals surface area contributed by atoms with E-state index in [0.29, 0.717) is 25.7 Å². The summed E-state index contributed by atoms with van der Waals surface area (Å²) in [6, 6.07) is 0. The molecule has 3 N–H and O–H groups in total. The maximum absolute atomic E-state index is 13.1. The molecule has 0 aliphatic rings. The van der Waals surface area contributed by atoms with Gasteiger partial charge in [-0.3, -0.25) is 37.3 Å². The predicted octanol–water partition coefficient (Wildman–Crippen LogP) is 24.3. The van der Waals surface area contributed by atoms with E-state index in [1.807, 2.05) is 0 Å². The summed E-state index contributed by atoms with van der Waals surface area (Å²) in [6.07, 6.45) is 62.4. The van der Waals surface area contributed by atoms with Crippen molar-refractivity contribution in [2.45, 2.75) is 445 Å². The van der Waals surface area contributed by atoms with E-state index in [0.717, 1.165) is 102 Å². The van der Waals surface area contributed by atoms with Crippen LogP contribution in [-0.4, -0.2) is 96.7 Å². The number of phosphoric acid groups is 2. The first-order valence-electron chi connectivity index (χ1n) is 42.0. The third-order valence-corrected chi connectivity index (χ3v) is 20.9. The summed E-state index contributed by atoms with van der Waals surface area (Å²) in [6.45, 7) is 9.63. The van der Waals surface area contributed by atoms with E-state index in [1.165, 1.54) is 244 Å². The number of rotatable bonds is 80. The summed E-state index contributed by atoms with van der Waals surface area (Å²) in [5.41, 5.74) is 0. The molecule has 0 spiro atoms. The van der Waals surface area contributed by atoms with Gasteiger partial charge in [-0.15, -0.1) is 0 Å². The monoisotopic (exact) mass is 1470 g/mol. The minimum absolute atomic E-state index is 0.107. The summed E-state index contributed by atoms with van der Waals surface area (Å²) < 4.78 is 68.7. The second kappa shape index (κ2) is 72.6. The van der Waals surface area contributed by atoms with Crippen molar-refractivity contribution in [3.63, 3.8) is 0 Å². The van der Waals surface area contributed by atoms with Crippen molar-refractivity contribution >= 4 is 39.5 Å². The molecule has 0 aromatic carbocycles. The molecule has 0 saturated heterocycles. The molecule has 0 bridgehead atoms. The second-order valence-corrected chi connectivity index (χ2v) is 33.0. The van der Waals surface area contributed by atoms with Gasteiger partial charge in [0.05, 0.1) is 26.4 Å². The molecule has 5 atom stereocenters. The van der Waals surface area contributed by atoms with Gasteiger partial charge in [-0.05, 0) is 37.5 Å². The molecule has 0 saturated carbocycles. The lowest BCUT2D eigenvalue weighted by Crippen LogP contribution is -2.30. The second-order valence-electron chi connectivity index (χ2n) is 30.1. The first kappa shape index (κ1) is 98.1. The van der Waals surface area contributed by atoms with Gasteiger partial charge in [0.15, 0.2) is 12.2 Å². The zero-order valence-electron chi connectivity index (χ0n) is 65.5. The number of hydrogen-bond donors (Lipinski definition) is 3. The van der Waals surface area contributed by atoms with Crippen LogP contribution in [0.25, 0.3) is 0 Å². The van der Waals surface area contributed by atoms with Crippen LogP contribution in [0.1, 0.15) is 427 Å². The Balaban J connectivity index is 5.22. The van der Waals surface area contributed by atoms with E-state index < -0.39 is 97.5 Å². The van der Waals surface area contributed by atoms with E-state index in [9.17, 15) is 43.2 Å². The fourth-order valence-electron chi connectivity index (χ4n) is 12.5. The highest BCUT2D eigenvalue weighted by Crippen LogP contribution is 2.45. The van der Waals surface area contributed by atoms with Crippen LogP contribution in [0, 0.1) is 11.8 Å². The average molecular weight is 1470 g/mol. The van der Waals surface area contributed by atoms with Gasteiger partial charge in [0.2, 0.25) is 0 Å². The minimum Gasteiger partial charge on any atom is -0.462 e. The van der Waals surface area contributed by atoms with E-state index in [4.69, 9.17) is 37.0 Å². The molecule has 594 valence electrons. The van der Waals surface area contributed by atoms with Crippen LogP contribution in [-0.2, 0) is 65.4 Å². The van der Waals surface area contributed by atoms with Crippen LogP contribution in [0.15, 0.2) is 0 Å². The van der Waals surface area contributed by atoms with Crippen LogP contribution in [0.3, 0.4) is 0 Å². The summed E-state index contributed by atoms with van der Waals surface area (Å²) in [4.78, 5) is 73.0. The first-order chi connectivity index (χ1) is 48.4. The van der Waals surface area contributed by atoms with Crippen LogP contribution in [0.2, 0.25) is 0 Å². The molecule has 0 aliphatic carbocycles. The molecule has 0 aromatic heterocycles. The van der Waals surface area contributed by atoms with Crippen molar-refractivity contribution in [1.29, 1.82) is 0 Å². The summed E-state index contributed by atoms with van der Waals surface area (Å²) in [7, 11) is -9.92. The fraction of sp³-hybridized carbons (Fsp3) is 0.951. The molecule has 100 heavy (non-hydrogen) atoms.